The molecule has 0 saturated carbocycles. The molecule has 0 spiro atoms. The van der Waals surface area contributed by atoms with Gasteiger partial charge in [-0.25, -0.2) is 0 Å². The summed E-state index contributed by atoms with van der Waals surface area (Å²) in [5.74, 6) is 0. The molecule has 0 aliphatic heterocycles. The molecule has 0 radical (unpaired) electrons. The minimum atomic E-state index is 0.581. The van der Waals surface area contributed by atoms with E-state index in [9.17, 15) is 4.79 Å². The molecule has 4 heteroatoms. The summed E-state index contributed by atoms with van der Waals surface area (Å²) in [6, 6.07) is 5.69. The highest BCUT2D eigenvalue weighted by Gasteiger charge is 2.10. The van der Waals surface area contributed by atoms with Crippen molar-refractivity contribution in [1.82, 2.24) is 0 Å². The van der Waals surface area contributed by atoms with Crippen molar-refractivity contribution in [3.8, 4) is 6.07 Å². The van der Waals surface area contributed by atoms with Crippen molar-refractivity contribution in [1.29, 1.82) is 5.26 Å². The van der Waals surface area contributed by atoms with E-state index < -0.39 is 0 Å². The molecule has 0 aliphatic carbocycles. The van der Waals surface area contributed by atoms with E-state index in [-0.39, 0.29) is 0 Å². The molecule has 0 unspecified atom stereocenters. The van der Waals surface area contributed by atoms with Crippen LogP contribution in [0.15, 0.2) is 17.5 Å². The lowest BCUT2D eigenvalue weighted by Gasteiger charge is -2.00. The van der Waals surface area contributed by atoms with Gasteiger partial charge in [-0.05, 0) is 40.1 Å². The molecule has 68 valence electrons. The summed E-state index contributed by atoms with van der Waals surface area (Å²) in [6.07, 6.45) is 0.791. The summed E-state index contributed by atoms with van der Waals surface area (Å²) >= 11 is 3.66. The van der Waals surface area contributed by atoms with Crippen molar-refractivity contribution >= 4 is 50.3 Å². The van der Waals surface area contributed by atoms with Crippen molar-refractivity contribution in [2.24, 2.45) is 0 Å². The third kappa shape index (κ3) is 1.33. The van der Waals surface area contributed by atoms with Gasteiger partial charge in [-0.2, -0.15) is 5.26 Å². The van der Waals surface area contributed by atoms with Crippen molar-refractivity contribution in [3.63, 3.8) is 0 Å². The summed E-state index contributed by atoms with van der Waals surface area (Å²) in [7, 11) is 0. The van der Waals surface area contributed by atoms with Gasteiger partial charge >= 0.3 is 0 Å². The SMILES string of the molecule is N#Cc1cc(C=O)c(I)c2ccsc12. The van der Waals surface area contributed by atoms with Crippen LogP contribution in [0.25, 0.3) is 10.1 Å². The van der Waals surface area contributed by atoms with Crippen LogP contribution in [0.1, 0.15) is 15.9 Å². The zero-order chi connectivity index (χ0) is 10.1. The van der Waals surface area contributed by atoms with Gasteiger partial charge in [-0.15, -0.1) is 11.3 Å². The fourth-order valence-electron chi connectivity index (χ4n) is 1.30. The number of nitriles is 1. The molecule has 2 rings (SSSR count). The van der Waals surface area contributed by atoms with Crippen LogP contribution in [0.5, 0.6) is 0 Å². The van der Waals surface area contributed by atoms with Crippen LogP contribution in [0.2, 0.25) is 0 Å². The topological polar surface area (TPSA) is 40.9 Å². The molecule has 0 aliphatic rings. The van der Waals surface area contributed by atoms with Gasteiger partial charge in [-0.3, -0.25) is 4.79 Å². The molecule has 0 fully saturated rings. The quantitative estimate of drug-likeness (QED) is 0.599. The lowest BCUT2D eigenvalue weighted by atomic mass is 10.1. The molecule has 14 heavy (non-hydrogen) atoms. The second kappa shape index (κ2) is 3.67. The van der Waals surface area contributed by atoms with Crippen LogP contribution < -0.4 is 0 Å². The second-order valence-electron chi connectivity index (χ2n) is 2.72. The average molecular weight is 313 g/mol. The third-order valence-electron chi connectivity index (χ3n) is 1.95. The molecular formula is C10H4INOS. The molecule has 0 N–H and O–H groups in total. The maximum absolute atomic E-state index is 10.8. The maximum atomic E-state index is 10.8. The van der Waals surface area contributed by atoms with Crippen LogP contribution in [0, 0.1) is 14.9 Å². The Balaban J connectivity index is 2.95. The molecule has 0 saturated heterocycles. The molecule has 1 aromatic heterocycles. The second-order valence-corrected chi connectivity index (χ2v) is 4.72. The van der Waals surface area contributed by atoms with Crippen LogP contribution in [-0.4, -0.2) is 6.29 Å². The van der Waals surface area contributed by atoms with E-state index in [1.165, 1.54) is 11.3 Å². The van der Waals surface area contributed by atoms with Gasteiger partial charge in [-0.1, -0.05) is 0 Å². The number of carbonyl (C=O) groups excluding carboxylic acids is 1. The number of nitrogens with zero attached hydrogens (tertiary/aromatic N) is 1. The summed E-state index contributed by atoms with van der Waals surface area (Å²) < 4.78 is 1.88. The van der Waals surface area contributed by atoms with E-state index in [0.29, 0.717) is 11.1 Å². The van der Waals surface area contributed by atoms with Gasteiger partial charge < -0.3 is 0 Å². The largest absolute Gasteiger partial charge is 0.298 e. The van der Waals surface area contributed by atoms with E-state index in [0.717, 1.165) is 19.9 Å². The zero-order valence-electron chi connectivity index (χ0n) is 6.95. The van der Waals surface area contributed by atoms with Gasteiger partial charge in [0.1, 0.15) is 6.07 Å². The Morgan fingerprint density at radius 2 is 2.36 bits per heavy atom. The Kier molecular flexibility index (Phi) is 2.52. The van der Waals surface area contributed by atoms with E-state index in [2.05, 4.69) is 28.7 Å². The predicted molar refractivity (Wildman–Crippen MR) is 64.6 cm³/mol. The van der Waals surface area contributed by atoms with E-state index in [1.54, 1.807) is 6.07 Å². The molecule has 0 atom stereocenters. The normalized spacial score (nSPS) is 10.0. The Bertz CT molecular complexity index is 553. The fourth-order valence-corrected chi connectivity index (χ4v) is 3.08. The number of aldehydes is 1. The summed E-state index contributed by atoms with van der Waals surface area (Å²) in [5.41, 5.74) is 1.17. The number of halogens is 1. The van der Waals surface area contributed by atoms with Crippen LogP contribution in [0.4, 0.5) is 0 Å². The molecule has 2 nitrogen and oxygen atoms in total. The van der Waals surface area contributed by atoms with Crippen molar-refractivity contribution < 1.29 is 4.79 Å². The van der Waals surface area contributed by atoms with Crippen molar-refractivity contribution in [2.45, 2.75) is 0 Å². The molecule has 1 aromatic carbocycles. The smallest absolute Gasteiger partial charge is 0.151 e. The highest BCUT2D eigenvalue weighted by molar-refractivity contribution is 14.1. The van der Waals surface area contributed by atoms with E-state index in [1.807, 2.05) is 11.4 Å². The van der Waals surface area contributed by atoms with Gasteiger partial charge in [0.25, 0.3) is 0 Å². The zero-order valence-corrected chi connectivity index (χ0v) is 9.93. The number of benzene rings is 1. The highest BCUT2D eigenvalue weighted by atomic mass is 127. The van der Waals surface area contributed by atoms with Crippen molar-refractivity contribution in [2.75, 3.05) is 0 Å². The van der Waals surface area contributed by atoms with Crippen LogP contribution in [0.3, 0.4) is 0 Å². The maximum Gasteiger partial charge on any atom is 0.151 e. The fraction of sp³-hybridized carbons (Fsp3) is 0. The van der Waals surface area contributed by atoms with Crippen LogP contribution in [-0.2, 0) is 0 Å². The van der Waals surface area contributed by atoms with Gasteiger partial charge in [0.2, 0.25) is 0 Å². The monoisotopic (exact) mass is 313 g/mol. The Labute approximate surface area is 98.3 Å². The minimum Gasteiger partial charge on any atom is -0.298 e. The first kappa shape index (κ1) is 9.62. The minimum absolute atomic E-state index is 0.581. The van der Waals surface area contributed by atoms with Gasteiger partial charge in [0.05, 0.1) is 10.3 Å². The molecular weight excluding hydrogens is 309 g/mol. The lowest BCUT2D eigenvalue weighted by Crippen LogP contribution is -1.88. The highest BCUT2D eigenvalue weighted by Crippen LogP contribution is 2.30. The molecule has 0 amide bonds. The van der Waals surface area contributed by atoms with Gasteiger partial charge in [0, 0.05) is 14.5 Å². The Morgan fingerprint density at radius 3 is 3.00 bits per heavy atom. The lowest BCUT2D eigenvalue weighted by molar-refractivity contribution is 0.112. The first-order valence-corrected chi connectivity index (χ1v) is 5.78. The third-order valence-corrected chi connectivity index (χ3v) is 4.10. The Morgan fingerprint density at radius 1 is 1.57 bits per heavy atom. The van der Waals surface area contributed by atoms with Gasteiger partial charge in [0.15, 0.2) is 6.29 Å². The molecule has 2 aromatic rings. The first-order valence-electron chi connectivity index (χ1n) is 3.83. The average Bonchev–Trinajstić information content (AvgIpc) is 2.68. The number of thiophene rings is 1. The summed E-state index contributed by atoms with van der Waals surface area (Å²) in [5, 5.41) is 11.8. The number of hydrogen-bond acceptors (Lipinski definition) is 3. The van der Waals surface area contributed by atoms with Crippen molar-refractivity contribution in [3.05, 3.63) is 32.2 Å². The first-order chi connectivity index (χ1) is 6.77. The molecule has 1 heterocycles. The molecule has 0 bridgehead atoms. The number of fused-ring (bicyclic) bond motifs is 1. The van der Waals surface area contributed by atoms with Crippen LogP contribution >= 0.6 is 33.9 Å². The number of carbonyl (C=O) groups is 1. The van der Waals surface area contributed by atoms with E-state index >= 15 is 0 Å². The summed E-state index contributed by atoms with van der Waals surface area (Å²) in [6.45, 7) is 0. The number of hydrogen-bond donors (Lipinski definition) is 0. The van der Waals surface area contributed by atoms with E-state index in [4.69, 9.17) is 5.26 Å². The Hall–Kier alpha value is -0.930. The standard InChI is InChI=1S/C10H4INOS/c11-9-7(5-13)3-6(4-12)10-8(9)1-2-14-10/h1-3,5H. The summed E-state index contributed by atoms with van der Waals surface area (Å²) in [4.78, 5) is 10.8. The predicted octanol–water partition coefficient (Wildman–Crippen LogP) is 3.19. The number of rotatable bonds is 1.